The van der Waals surface area contributed by atoms with Crippen molar-refractivity contribution in [1.82, 2.24) is 0 Å². The fourth-order valence-electron chi connectivity index (χ4n) is 2.25. The Kier molecular flexibility index (Phi) is 5.87. The van der Waals surface area contributed by atoms with E-state index in [0.29, 0.717) is 0 Å². The van der Waals surface area contributed by atoms with Crippen LogP contribution < -0.4 is 0 Å². The van der Waals surface area contributed by atoms with Crippen molar-refractivity contribution >= 4 is 11.6 Å². The fraction of sp³-hybridized carbons (Fsp3) is 1.00. The van der Waals surface area contributed by atoms with E-state index in [9.17, 15) is 52.7 Å². The van der Waals surface area contributed by atoms with Gasteiger partial charge in [0.2, 0.25) is 5.67 Å². The zero-order chi connectivity index (χ0) is 20.1. The summed E-state index contributed by atoms with van der Waals surface area (Å²) in [7, 11) is 0. The fourth-order valence-corrected chi connectivity index (χ4v) is 2.63. The smallest absolute Gasteiger partial charge is 0.370 e. The summed E-state index contributed by atoms with van der Waals surface area (Å²) in [6.07, 6.45) is -24.3. The first-order chi connectivity index (χ1) is 10.9. The Bertz CT molecular complexity index is 477. The lowest BCUT2D eigenvalue weighted by Gasteiger charge is -2.48. The van der Waals surface area contributed by atoms with Gasteiger partial charge < -0.3 is 4.74 Å². The van der Waals surface area contributed by atoms with Crippen LogP contribution in [0.3, 0.4) is 0 Å². The summed E-state index contributed by atoms with van der Waals surface area (Å²) in [5.41, 5.74) is -11.0. The van der Waals surface area contributed by atoms with Crippen molar-refractivity contribution in [2.75, 3.05) is 6.61 Å². The second kappa shape index (κ2) is 6.54. The average Bonchev–Trinajstić information content (AvgIpc) is 2.38. The molecule has 0 unspecified atom stereocenters. The molecule has 1 nitrogen and oxygen atoms in total. The lowest BCUT2D eigenvalue weighted by molar-refractivity contribution is -0.360. The molecule has 25 heavy (non-hydrogen) atoms. The molecule has 0 radical (unpaired) electrons. The molecule has 14 heteroatoms. The summed E-state index contributed by atoms with van der Waals surface area (Å²) in [5.74, 6) is -4.87. The second-order valence-electron chi connectivity index (χ2n) is 5.43. The highest BCUT2D eigenvalue weighted by atomic mass is 35.5. The van der Waals surface area contributed by atoms with Gasteiger partial charge in [-0.25, -0.2) is 17.6 Å². The third kappa shape index (κ3) is 3.91. The average molecular weight is 421 g/mol. The highest BCUT2D eigenvalue weighted by molar-refractivity contribution is 6.21. The Morgan fingerprint density at radius 1 is 0.880 bits per heavy atom. The second-order valence-corrected chi connectivity index (χ2v) is 5.99. The van der Waals surface area contributed by atoms with Crippen molar-refractivity contribution in [3.05, 3.63) is 0 Å². The van der Waals surface area contributed by atoms with Crippen LogP contribution in [0.4, 0.5) is 52.7 Å². The molecule has 0 aromatic heterocycles. The molecular formula is C11H9ClF12O. The molecule has 0 spiro atoms. The molecule has 0 heterocycles. The van der Waals surface area contributed by atoms with Crippen LogP contribution in [0.25, 0.3) is 0 Å². The zero-order valence-electron chi connectivity index (χ0n) is 11.7. The van der Waals surface area contributed by atoms with E-state index in [4.69, 9.17) is 11.6 Å². The van der Waals surface area contributed by atoms with Crippen LogP contribution in [0.1, 0.15) is 12.8 Å². The highest BCUT2D eigenvalue weighted by Gasteiger charge is 2.81. The topological polar surface area (TPSA) is 9.23 Å². The van der Waals surface area contributed by atoms with Crippen LogP contribution in [0.2, 0.25) is 0 Å². The predicted octanol–water partition coefficient (Wildman–Crippen LogP) is 5.21. The van der Waals surface area contributed by atoms with Gasteiger partial charge in [-0.05, 0) is 0 Å². The third-order valence-corrected chi connectivity index (χ3v) is 4.13. The van der Waals surface area contributed by atoms with E-state index in [2.05, 4.69) is 4.74 Å². The zero-order valence-corrected chi connectivity index (χ0v) is 12.4. The lowest BCUT2D eigenvalue weighted by atomic mass is 9.71. The molecule has 1 aliphatic carbocycles. The molecule has 0 amide bonds. The van der Waals surface area contributed by atoms with E-state index in [1.165, 1.54) is 0 Å². The molecule has 1 saturated carbocycles. The summed E-state index contributed by atoms with van der Waals surface area (Å²) in [5, 5.41) is -2.33. The maximum absolute atomic E-state index is 14.1. The molecule has 4 atom stereocenters. The van der Waals surface area contributed by atoms with Crippen LogP contribution in [0.5, 0.6) is 0 Å². The standard InChI is InChI=1S/C11H9ClF12O/c12-4-1-8(17,10(19,20)21)9(18,11(22,23)24)2-5(4)25-3-7(15,16)6(13)14/h4-6H,1-3H2/t4-,5+,8+,9+/m0/s1. The predicted molar refractivity (Wildman–Crippen MR) is 59.4 cm³/mol. The number of hydrogen-bond donors (Lipinski definition) is 0. The summed E-state index contributed by atoms with van der Waals surface area (Å²) in [4.78, 5) is 0. The Hall–Kier alpha value is -0.590. The first-order valence-electron chi connectivity index (χ1n) is 6.32. The molecule has 0 aromatic carbocycles. The van der Waals surface area contributed by atoms with Gasteiger partial charge in [0.05, 0.1) is 11.5 Å². The lowest BCUT2D eigenvalue weighted by Crippen LogP contribution is -2.70. The number of ether oxygens (including phenoxy) is 1. The SMILES string of the molecule is FC(F)C(F)(F)CO[C@@H]1C[C@](F)(C(F)(F)F)[C@@](F)(C(F)(F)F)C[C@@H]1Cl. The normalized spacial score (nSPS) is 35.3. The van der Waals surface area contributed by atoms with Crippen molar-refractivity contribution in [2.45, 2.75) is 60.4 Å². The third-order valence-electron chi connectivity index (χ3n) is 3.70. The highest BCUT2D eigenvalue weighted by Crippen LogP contribution is 2.59. The molecule has 0 aromatic rings. The summed E-state index contributed by atoms with van der Waals surface area (Å²) >= 11 is 5.23. The van der Waals surface area contributed by atoms with Gasteiger partial charge >= 0.3 is 24.7 Å². The van der Waals surface area contributed by atoms with Gasteiger partial charge in [0, 0.05) is 12.8 Å². The van der Waals surface area contributed by atoms with Crippen molar-refractivity contribution in [2.24, 2.45) is 0 Å². The molecule has 1 fully saturated rings. The van der Waals surface area contributed by atoms with Crippen LogP contribution in [-0.4, -0.2) is 54.1 Å². The van der Waals surface area contributed by atoms with E-state index >= 15 is 0 Å². The van der Waals surface area contributed by atoms with E-state index in [0.717, 1.165) is 0 Å². The van der Waals surface area contributed by atoms with Crippen molar-refractivity contribution in [3.63, 3.8) is 0 Å². The number of rotatable bonds is 4. The molecule has 150 valence electrons. The molecule has 1 aliphatic rings. The van der Waals surface area contributed by atoms with E-state index in [1.54, 1.807) is 0 Å². The van der Waals surface area contributed by atoms with Gasteiger partial charge in [0.15, 0.2) is 0 Å². The summed E-state index contributed by atoms with van der Waals surface area (Å²) in [6, 6.07) is 0. The minimum Gasteiger partial charge on any atom is -0.370 e. The maximum atomic E-state index is 14.1. The Morgan fingerprint density at radius 2 is 1.28 bits per heavy atom. The molecule has 1 rings (SSSR count). The molecule has 0 bridgehead atoms. The molecular weight excluding hydrogens is 412 g/mol. The van der Waals surface area contributed by atoms with Crippen LogP contribution in [0.15, 0.2) is 0 Å². The first kappa shape index (κ1) is 22.5. The molecule has 0 saturated heterocycles. The van der Waals surface area contributed by atoms with E-state index < -0.39 is 67.0 Å². The molecule has 0 N–H and O–H groups in total. The van der Waals surface area contributed by atoms with Crippen molar-refractivity contribution in [1.29, 1.82) is 0 Å². The van der Waals surface area contributed by atoms with Gasteiger partial charge in [0.1, 0.15) is 6.61 Å². The summed E-state index contributed by atoms with van der Waals surface area (Å²) in [6.45, 7) is -2.24. The van der Waals surface area contributed by atoms with Crippen LogP contribution in [0, 0.1) is 0 Å². The summed E-state index contributed by atoms with van der Waals surface area (Å²) < 4.78 is 158. The first-order valence-corrected chi connectivity index (χ1v) is 6.75. The van der Waals surface area contributed by atoms with Crippen molar-refractivity contribution < 1.29 is 57.4 Å². The largest absolute Gasteiger partial charge is 0.426 e. The van der Waals surface area contributed by atoms with Gasteiger partial charge in [-0.3, -0.25) is 0 Å². The van der Waals surface area contributed by atoms with Gasteiger partial charge in [-0.2, -0.15) is 35.1 Å². The Balaban J connectivity index is 3.15. The Morgan fingerprint density at radius 3 is 1.64 bits per heavy atom. The monoisotopic (exact) mass is 420 g/mol. The van der Waals surface area contributed by atoms with E-state index in [1.807, 2.05) is 0 Å². The maximum Gasteiger partial charge on any atom is 0.426 e. The number of hydrogen-bond acceptors (Lipinski definition) is 1. The van der Waals surface area contributed by atoms with Gasteiger partial charge in [-0.1, -0.05) is 0 Å². The van der Waals surface area contributed by atoms with E-state index in [-0.39, 0.29) is 0 Å². The molecule has 0 aliphatic heterocycles. The van der Waals surface area contributed by atoms with Gasteiger partial charge in [0.25, 0.3) is 5.67 Å². The quantitative estimate of drug-likeness (QED) is 0.448. The van der Waals surface area contributed by atoms with Crippen molar-refractivity contribution in [3.8, 4) is 0 Å². The minimum absolute atomic E-state index is 2.24. The van der Waals surface area contributed by atoms with Crippen LogP contribution >= 0.6 is 11.6 Å². The number of halogens is 13. The van der Waals surface area contributed by atoms with Gasteiger partial charge in [-0.15, -0.1) is 11.6 Å². The number of alkyl halides is 13. The van der Waals surface area contributed by atoms with Crippen LogP contribution in [-0.2, 0) is 4.74 Å². The Labute approximate surface area is 137 Å². The minimum atomic E-state index is -6.40.